The minimum absolute atomic E-state index is 0.0982. The summed E-state index contributed by atoms with van der Waals surface area (Å²) in [6.45, 7) is 4.95. The molecule has 1 saturated carbocycles. The highest BCUT2D eigenvalue weighted by atomic mass is 79.9. The maximum Gasteiger partial charge on any atom is 0.126 e. The van der Waals surface area contributed by atoms with Crippen LogP contribution >= 0.6 is 15.9 Å². The zero-order valence-corrected chi connectivity index (χ0v) is 13.1. The van der Waals surface area contributed by atoms with Crippen LogP contribution in [0.2, 0.25) is 0 Å². The summed E-state index contributed by atoms with van der Waals surface area (Å²) in [6, 6.07) is 2.17. The number of benzene rings is 1. The molecule has 2 nitrogen and oxygen atoms in total. The number of hydrogen-bond donors (Lipinski definition) is 1. The number of methoxy groups -OCH3 is 1. The van der Waals surface area contributed by atoms with Crippen LogP contribution in [0.5, 0.6) is 5.75 Å². The number of rotatable bonds is 3. The van der Waals surface area contributed by atoms with Crippen molar-refractivity contribution in [3.63, 3.8) is 0 Å². The van der Waals surface area contributed by atoms with Crippen molar-refractivity contribution in [1.82, 2.24) is 0 Å². The van der Waals surface area contributed by atoms with Gasteiger partial charge in [0.15, 0.2) is 0 Å². The van der Waals surface area contributed by atoms with Crippen LogP contribution in [0.1, 0.15) is 42.4 Å². The maximum atomic E-state index is 6.12. The first-order valence-electron chi connectivity index (χ1n) is 6.60. The zero-order valence-electron chi connectivity index (χ0n) is 11.5. The topological polar surface area (TPSA) is 35.2 Å². The molecule has 0 radical (unpaired) electrons. The summed E-state index contributed by atoms with van der Waals surface area (Å²) in [5.74, 6) is 1.01. The lowest BCUT2D eigenvalue weighted by Crippen LogP contribution is -2.33. The molecule has 100 valence electrons. The highest BCUT2D eigenvalue weighted by Crippen LogP contribution is 2.49. The predicted molar refractivity (Wildman–Crippen MR) is 79.4 cm³/mol. The third kappa shape index (κ3) is 2.08. The average Bonchev–Trinajstić information content (AvgIpc) is 2.83. The van der Waals surface area contributed by atoms with Crippen LogP contribution < -0.4 is 10.5 Å². The van der Waals surface area contributed by atoms with Gasteiger partial charge in [0.05, 0.1) is 7.11 Å². The Balaban J connectivity index is 2.67. The van der Waals surface area contributed by atoms with E-state index < -0.39 is 0 Å². The van der Waals surface area contributed by atoms with Crippen molar-refractivity contribution in [3.8, 4) is 5.75 Å². The molecule has 18 heavy (non-hydrogen) atoms. The van der Waals surface area contributed by atoms with E-state index in [2.05, 4.69) is 35.8 Å². The van der Waals surface area contributed by atoms with Crippen molar-refractivity contribution >= 4 is 15.9 Å². The van der Waals surface area contributed by atoms with E-state index in [1.165, 1.54) is 46.8 Å². The molecule has 2 N–H and O–H groups in total. The van der Waals surface area contributed by atoms with Gasteiger partial charge >= 0.3 is 0 Å². The van der Waals surface area contributed by atoms with Crippen molar-refractivity contribution in [2.45, 2.75) is 44.9 Å². The molecule has 0 amide bonds. The van der Waals surface area contributed by atoms with Crippen LogP contribution in [0, 0.1) is 13.8 Å². The molecule has 0 atom stereocenters. The van der Waals surface area contributed by atoms with Gasteiger partial charge in [-0.25, -0.2) is 0 Å². The summed E-state index contributed by atoms with van der Waals surface area (Å²) in [7, 11) is 1.76. The Morgan fingerprint density at radius 1 is 1.28 bits per heavy atom. The number of aryl methyl sites for hydroxylation is 2. The lowest BCUT2D eigenvalue weighted by molar-refractivity contribution is 0.373. The second-order valence-electron chi connectivity index (χ2n) is 5.42. The minimum Gasteiger partial charge on any atom is -0.496 e. The Bertz CT molecular complexity index is 450. The van der Waals surface area contributed by atoms with E-state index in [0.717, 1.165) is 5.75 Å². The largest absolute Gasteiger partial charge is 0.496 e. The molecule has 0 aromatic heterocycles. The van der Waals surface area contributed by atoms with E-state index in [4.69, 9.17) is 10.5 Å². The SMILES string of the molecule is COc1c(C)cc(C)c(Br)c1C1(CN)CCCC1. The lowest BCUT2D eigenvalue weighted by Gasteiger charge is -2.32. The Morgan fingerprint density at radius 2 is 1.89 bits per heavy atom. The fourth-order valence-electron chi connectivity index (χ4n) is 3.29. The van der Waals surface area contributed by atoms with Gasteiger partial charge in [-0.15, -0.1) is 0 Å². The minimum atomic E-state index is 0.0982. The van der Waals surface area contributed by atoms with Crippen LogP contribution in [-0.4, -0.2) is 13.7 Å². The van der Waals surface area contributed by atoms with Gasteiger partial charge in [-0.3, -0.25) is 0 Å². The fraction of sp³-hybridized carbons (Fsp3) is 0.600. The molecule has 3 heteroatoms. The predicted octanol–water partition coefficient (Wildman–Crippen LogP) is 3.85. The molecule has 1 aliphatic rings. The summed E-state index contributed by atoms with van der Waals surface area (Å²) in [5.41, 5.74) is 9.98. The van der Waals surface area contributed by atoms with E-state index in [9.17, 15) is 0 Å². The summed E-state index contributed by atoms with van der Waals surface area (Å²) in [6.07, 6.45) is 4.86. The average molecular weight is 312 g/mol. The Labute approximate surface area is 118 Å². The molecule has 0 bridgehead atoms. The van der Waals surface area contributed by atoms with E-state index >= 15 is 0 Å². The number of nitrogens with two attached hydrogens (primary N) is 1. The third-order valence-corrected chi connectivity index (χ3v) is 5.29. The number of halogens is 1. The van der Waals surface area contributed by atoms with Crippen LogP contribution in [0.15, 0.2) is 10.5 Å². The molecule has 1 aromatic rings. The Kier molecular flexibility index (Phi) is 4.02. The van der Waals surface area contributed by atoms with E-state index in [0.29, 0.717) is 6.54 Å². The smallest absolute Gasteiger partial charge is 0.126 e. The molecular weight excluding hydrogens is 290 g/mol. The van der Waals surface area contributed by atoms with E-state index in [-0.39, 0.29) is 5.41 Å². The fourth-order valence-corrected chi connectivity index (χ4v) is 4.01. The first-order valence-corrected chi connectivity index (χ1v) is 7.39. The van der Waals surface area contributed by atoms with Gasteiger partial charge in [-0.1, -0.05) is 34.8 Å². The maximum absolute atomic E-state index is 6.12. The quantitative estimate of drug-likeness (QED) is 0.920. The van der Waals surface area contributed by atoms with Crippen LogP contribution in [0.3, 0.4) is 0 Å². The zero-order chi connectivity index (χ0) is 13.3. The third-order valence-electron chi connectivity index (χ3n) is 4.27. The molecule has 0 spiro atoms. The van der Waals surface area contributed by atoms with Crippen LogP contribution in [-0.2, 0) is 5.41 Å². The van der Waals surface area contributed by atoms with Gasteiger partial charge in [0.25, 0.3) is 0 Å². The van der Waals surface area contributed by atoms with E-state index in [1.807, 2.05) is 0 Å². The number of ether oxygens (including phenoxy) is 1. The standard InChI is InChI=1S/C15H22BrNO/c1-10-8-11(2)14(18-3)12(13(10)16)15(9-17)6-4-5-7-15/h8H,4-7,9,17H2,1-3H3. The monoisotopic (exact) mass is 311 g/mol. The van der Waals surface area contributed by atoms with Crippen molar-refractivity contribution in [1.29, 1.82) is 0 Å². The molecule has 0 saturated heterocycles. The van der Waals surface area contributed by atoms with Gasteiger partial charge in [0.2, 0.25) is 0 Å². The summed E-state index contributed by atoms with van der Waals surface area (Å²) in [5, 5.41) is 0. The molecule has 2 rings (SSSR count). The summed E-state index contributed by atoms with van der Waals surface area (Å²) >= 11 is 3.76. The van der Waals surface area contributed by atoms with Gasteiger partial charge in [0, 0.05) is 22.0 Å². The highest BCUT2D eigenvalue weighted by molar-refractivity contribution is 9.10. The normalized spacial score (nSPS) is 18.1. The summed E-state index contributed by atoms with van der Waals surface area (Å²) < 4.78 is 6.84. The van der Waals surface area contributed by atoms with Gasteiger partial charge in [0.1, 0.15) is 5.75 Å². The van der Waals surface area contributed by atoms with Crippen molar-refractivity contribution in [2.75, 3.05) is 13.7 Å². The summed E-state index contributed by atoms with van der Waals surface area (Å²) in [4.78, 5) is 0. The van der Waals surface area contributed by atoms with Crippen LogP contribution in [0.4, 0.5) is 0 Å². The van der Waals surface area contributed by atoms with Gasteiger partial charge < -0.3 is 10.5 Å². The second kappa shape index (κ2) is 5.22. The second-order valence-corrected chi connectivity index (χ2v) is 6.22. The first-order chi connectivity index (χ1) is 8.55. The number of hydrogen-bond acceptors (Lipinski definition) is 2. The first kappa shape index (κ1) is 13.9. The van der Waals surface area contributed by atoms with Gasteiger partial charge in [-0.2, -0.15) is 0 Å². The molecule has 0 unspecified atom stereocenters. The van der Waals surface area contributed by atoms with Crippen LogP contribution in [0.25, 0.3) is 0 Å². The molecular formula is C15H22BrNO. The molecule has 1 aromatic carbocycles. The Morgan fingerprint density at radius 3 is 2.39 bits per heavy atom. The molecule has 1 fully saturated rings. The molecule has 0 heterocycles. The van der Waals surface area contributed by atoms with Crippen molar-refractivity contribution in [2.24, 2.45) is 5.73 Å². The highest BCUT2D eigenvalue weighted by Gasteiger charge is 2.39. The lowest BCUT2D eigenvalue weighted by atomic mass is 9.77. The Hall–Kier alpha value is -0.540. The van der Waals surface area contributed by atoms with Crippen molar-refractivity contribution in [3.05, 3.63) is 27.2 Å². The molecule has 0 aliphatic heterocycles. The van der Waals surface area contributed by atoms with Gasteiger partial charge in [-0.05, 0) is 37.8 Å². The van der Waals surface area contributed by atoms with E-state index in [1.54, 1.807) is 7.11 Å². The molecule has 1 aliphatic carbocycles. The van der Waals surface area contributed by atoms with Crippen molar-refractivity contribution < 1.29 is 4.74 Å².